The third kappa shape index (κ3) is 9.96. The summed E-state index contributed by atoms with van der Waals surface area (Å²) in [5.74, 6) is 1.29. The lowest BCUT2D eigenvalue weighted by Gasteiger charge is -2.18. The number of amides is 2. The summed E-state index contributed by atoms with van der Waals surface area (Å²) in [5.41, 5.74) is 1.78. The lowest BCUT2D eigenvalue weighted by atomic mass is 10.0. The fraction of sp³-hybridized carbons (Fsp3) is 0.346. The zero-order valence-corrected chi connectivity index (χ0v) is 20.8. The van der Waals surface area contributed by atoms with Crippen molar-refractivity contribution in [2.45, 2.75) is 26.3 Å². The van der Waals surface area contributed by atoms with Gasteiger partial charge in [0.05, 0.1) is 20.8 Å². The molecule has 0 aromatic heterocycles. The maximum absolute atomic E-state index is 12.2. The molecule has 3 N–H and O–H groups in total. The van der Waals surface area contributed by atoms with Gasteiger partial charge in [-0.3, -0.25) is 4.79 Å². The van der Waals surface area contributed by atoms with Gasteiger partial charge in [0.2, 0.25) is 5.91 Å². The Morgan fingerprint density at radius 1 is 0.917 bits per heavy atom. The van der Waals surface area contributed by atoms with Crippen molar-refractivity contribution in [1.29, 1.82) is 0 Å². The molecule has 0 radical (unpaired) electrons. The van der Waals surface area contributed by atoms with Crippen LogP contribution in [0, 0.1) is 5.92 Å². The molecule has 2 amide bonds. The van der Waals surface area contributed by atoms with Gasteiger partial charge in [0.15, 0.2) is 0 Å². The number of carboxylic acid groups (broad SMARTS) is 1. The molecular weight excluding hydrogens is 468 g/mol. The van der Waals surface area contributed by atoms with Gasteiger partial charge >= 0.3 is 12.2 Å². The van der Waals surface area contributed by atoms with Crippen LogP contribution in [0.15, 0.2) is 42.5 Å². The van der Waals surface area contributed by atoms with Crippen LogP contribution < -0.4 is 24.8 Å². The predicted octanol–water partition coefficient (Wildman–Crippen LogP) is 4.19. The quantitative estimate of drug-likeness (QED) is 0.171. The smallest absolute Gasteiger partial charge is 0.497 e. The molecule has 0 aliphatic rings. The SMILES string of the molecule is COc1cc(C=Cc2ccc(OC(=O)OCCNC(=O)C(CC(C)C)NC(=O)O)cc2)cc(OC)c1. The van der Waals surface area contributed by atoms with E-state index in [1.54, 1.807) is 44.6 Å². The van der Waals surface area contributed by atoms with Crippen LogP contribution in [0.2, 0.25) is 0 Å². The maximum Gasteiger partial charge on any atom is 0.513 e. The summed E-state index contributed by atoms with van der Waals surface area (Å²) in [6, 6.07) is 11.5. The van der Waals surface area contributed by atoms with Gasteiger partial charge in [0.1, 0.15) is 29.9 Å². The fourth-order valence-electron chi connectivity index (χ4n) is 3.17. The molecule has 0 heterocycles. The van der Waals surface area contributed by atoms with Crippen molar-refractivity contribution in [2.75, 3.05) is 27.4 Å². The number of nitrogens with one attached hydrogen (secondary N) is 2. The van der Waals surface area contributed by atoms with E-state index in [4.69, 9.17) is 24.1 Å². The number of benzene rings is 2. The maximum atomic E-state index is 12.2. The second-order valence-corrected chi connectivity index (χ2v) is 8.17. The Bertz CT molecular complexity index is 1030. The highest BCUT2D eigenvalue weighted by molar-refractivity contribution is 5.85. The first-order valence-corrected chi connectivity index (χ1v) is 11.3. The summed E-state index contributed by atoms with van der Waals surface area (Å²) in [6.07, 6.45) is 1.95. The molecule has 1 unspecified atom stereocenters. The van der Waals surface area contributed by atoms with Crippen molar-refractivity contribution in [3.05, 3.63) is 53.6 Å². The number of hydrogen-bond donors (Lipinski definition) is 3. The highest BCUT2D eigenvalue weighted by Gasteiger charge is 2.21. The first-order chi connectivity index (χ1) is 17.2. The third-order valence-corrected chi connectivity index (χ3v) is 4.87. The van der Waals surface area contributed by atoms with Gasteiger partial charge in [0, 0.05) is 6.07 Å². The van der Waals surface area contributed by atoms with E-state index >= 15 is 0 Å². The van der Waals surface area contributed by atoms with Crippen LogP contribution in [0.25, 0.3) is 12.2 Å². The molecule has 36 heavy (non-hydrogen) atoms. The lowest BCUT2D eigenvalue weighted by molar-refractivity contribution is -0.123. The van der Waals surface area contributed by atoms with Crippen molar-refractivity contribution >= 4 is 30.3 Å². The normalized spacial score (nSPS) is 11.6. The Labute approximate surface area is 210 Å². The first-order valence-electron chi connectivity index (χ1n) is 11.3. The molecular formula is C26H32N2O8. The van der Waals surface area contributed by atoms with Crippen LogP contribution in [-0.4, -0.2) is 56.7 Å². The molecule has 1 atom stereocenters. The molecule has 0 aliphatic heterocycles. The minimum atomic E-state index is -1.28. The summed E-state index contributed by atoms with van der Waals surface area (Å²) >= 11 is 0. The number of ether oxygens (including phenoxy) is 4. The summed E-state index contributed by atoms with van der Waals surface area (Å²) < 4.78 is 20.6. The van der Waals surface area contributed by atoms with E-state index in [1.807, 2.05) is 38.1 Å². The van der Waals surface area contributed by atoms with Crippen LogP contribution in [0.4, 0.5) is 9.59 Å². The summed E-state index contributed by atoms with van der Waals surface area (Å²) in [6.45, 7) is 3.65. The Balaban J connectivity index is 1.80. The molecule has 2 aromatic carbocycles. The van der Waals surface area contributed by atoms with Crippen LogP contribution in [0.1, 0.15) is 31.4 Å². The van der Waals surface area contributed by atoms with E-state index in [2.05, 4.69) is 10.6 Å². The van der Waals surface area contributed by atoms with Crippen LogP contribution in [-0.2, 0) is 9.53 Å². The topological polar surface area (TPSA) is 132 Å². The predicted molar refractivity (Wildman–Crippen MR) is 134 cm³/mol. The van der Waals surface area contributed by atoms with Crippen LogP contribution in [0.5, 0.6) is 17.2 Å². The Kier molecular flexibility index (Phi) is 11.1. The zero-order chi connectivity index (χ0) is 26.5. The number of carbonyl (C=O) groups excluding carboxylic acids is 2. The van der Waals surface area contributed by atoms with E-state index < -0.39 is 24.2 Å². The van der Waals surface area contributed by atoms with Gasteiger partial charge in [-0.15, -0.1) is 0 Å². The Morgan fingerprint density at radius 2 is 1.53 bits per heavy atom. The average molecular weight is 501 g/mol. The van der Waals surface area contributed by atoms with Gasteiger partial charge in [0.25, 0.3) is 0 Å². The minimum absolute atomic E-state index is 0.0165. The molecule has 0 aliphatic carbocycles. The van der Waals surface area contributed by atoms with Gasteiger partial charge < -0.3 is 34.7 Å². The van der Waals surface area contributed by atoms with E-state index in [9.17, 15) is 14.4 Å². The van der Waals surface area contributed by atoms with Crippen molar-refractivity contribution < 1.29 is 38.4 Å². The standard InChI is InChI=1S/C26H32N2O8/c1-17(2)13-23(28-25(30)31)24(29)27-11-12-35-26(32)36-20-9-7-18(8-10-20)5-6-19-14-21(33-3)16-22(15-19)34-4/h5-10,14-17,23,28H,11-13H2,1-4H3,(H,27,29)(H,30,31). The van der Waals surface area contributed by atoms with Crippen LogP contribution >= 0.6 is 0 Å². The van der Waals surface area contributed by atoms with Gasteiger partial charge in [-0.2, -0.15) is 0 Å². The molecule has 0 saturated carbocycles. The molecule has 10 nitrogen and oxygen atoms in total. The van der Waals surface area contributed by atoms with E-state index in [0.29, 0.717) is 23.7 Å². The molecule has 2 rings (SSSR count). The summed E-state index contributed by atoms with van der Waals surface area (Å²) in [4.78, 5) is 34.9. The fourth-order valence-corrected chi connectivity index (χ4v) is 3.17. The van der Waals surface area contributed by atoms with E-state index in [0.717, 1.165) is 11.1 Å². The molecule has 0 bridgehead atoms. The monoisotopic (exact) mass is 500 g/mol. The largest absolute Gasteiger partial charge is 0.513 e. The summed E-state index contributed by atoms with van der Waals surface area (Å²) in [5, 5.41) is 13.6. The van der Waals surface area contributed by atoms with Gasteiger partial charge in [-0.25, -0.2) is 9.59 Å². The molecule has 0 saturated heterocycles. The molecule has 0 fully saturated rings. The molecule has 2 aromatic rings. The molecule has 194 valence electrons. The first kappa shape index (κ1) is 28.0. The number of carbonyl (C=O) groups is 3. The number of methoxy groups -OCH3 is 2. The highest BCUT2D eigenvalue weighted by atomic mass is 16.7. The Morgan fingerprint density at radius 3 is 2.08 bits per heavy atom. The zero-order valence-electron chi connectivity index (χ0n) is 20.8. The van der Waals surface area contributed by atoms with Crippen molar-refractivity contribution in [3.8, 4) is 17.2 Å². The van der Waals surface area contributed by atoms with Crippen molar-refractivity contribution in [2.24, 2.45) is 5.92 Å². The average Bonchev–Trinajstić information content (AvgIpc) is 2.84. The Hall–Kier alpha value is -4.21. The highest BCUT2D eigenvalue weighted by Crippen LogP contribution is 2.24. The lowest BCUT2D eigenvalue weighted by Crippen LogP contribution is -2.47. The van der Waals surface area contributed by atoms with E-state index in [1.165, 1.54) is 0 Å². The minimum Gasteiger partial charge on any atom is -0.497 e. The van der Waals surface area contributed by atoms with Gasteiger partial charge in [-0.1, -0.05) is 38.1 Å². The van der Waals surface area contributed by atoms with Crippen LogP contribution in [0.3, 0.4) is 0 Å². The summed E-state index contributed by atoms with van der Waals surface area (Å²) in [7, 11) is 3.18. The number of rotatable bonds is 12. The third-order valence-electron chi connectivity index (χ3n) is 4.87. The van der Waals surface area contributed by atoms with E-state index in [-0.39, 0.29) is 19.1 Å². The molecule has 0 spiro atoms. The van der Waals surface area contributed by atoms with Gasteiger partial charge in [-0.05, 0) is 47.7 Å². The second-order valence-electron chi connectivity index (χ2n) is 8.17. The number of hydrogen-bond acceptors (Lipinski definition) is 7. The van der Waals surface area contributed by atoms with Crippen molar-refractivity contribution in [3.63, 3.8) is 0 Å². The van der Waals surface area contributed by atoms with Crippen molar-refractivity contribution in [1.82, 2.24) is 10.6 Å². The second kappa shape index (κ2) is 14.2. The molecule has 10 heteroatoms.